The molecule has 0 radical (unpaired) electrons. The van der Waals surface area contributed by atoms with Crippen LogP contribution < -0.4 is 21.1 Å². The van der Waals surface area contributed by atoms with Crippen LogP contribution in [0.3, 0.4) is 0 Å². The first-order chi connectivity index (χ1) is 19.3. The van der Waals surface area contributed by atoms with Crippen molar-refractivity contribution in [3.05, 3.63) is 96.1 Å². The van der Waals surface area contributed by atoms with E-state index in [0.29, 0.717) is 29.1 Å². The van der Waals surface area contributed by atoms with Crippen molar-refractivity contribution in [3.63, 3.8) is 0 Å². The highest BCUT2D eigenvalue weighted by atomic mass is 32.1. The van der Waals surface area contributed by atoms with E-state index in [1.807, 2.05) is 18.2 Å². The smallest absolute Gasteiger partial charge is 0.323 e. The van der Waals surface area contributed by atoms with E-state index in [4.69, 9.17) is 10.5 Å². The Morgan fingerprint density at radius 1 is 0.975 bits per heavy atom. The maximum absolute atomic E-state index is 15.0. The van der Waals surface area contributed by atoms with Crippen LogP contribution in [0.25, 0.3) is 20.8 Å². The minimum absolute atomic E-state index is 0.00580. The van der Waals surface area contributed by atoms with E-state index >= 15 is 4.39 Å². The quantitative estimate of drug-likeness (QED) is 0.223. The molecule has 3 aromatic heterocycles. The number of nitrogens with zero attached hydrogens (tertiary/aromatic N) is 3. The van der Waals surface area contributed by atoms with E-state index in [-0.39, 0.29) is 17.3 Å². The van der Waals surface area contributed by atoms with Crippen molar-refractivity contribution in [2.75, 3.05) is 24.7 Å². The second kappa shape index (κ2) is 11.5. The van der Waals surface area contributed by atoms with Crippen molar-refractivity contribution in [3.8, 4) is 22.1 Å². The molecule has 11 heteroatoms. The van der Waals surface area contributed by atoms with Crippen LogP contribution in [0.4, 0.5) is 20.6 Å². The Balaban J connectivity index is 1.29. The highest BCUT2D eigenvalue weighted by Gasteiger charge is 2.15. The first kappa shape index (κ1) is 26.7. The van der Waals surface area contributed by atoms with Gasteiger partial charge in [-0.2, -0.15) is 0 Å². The Hall–Kier alpha value is -4.87. The van der Waals surface area contributed by atoms with Gasteiger partial charge in [0.05, 0.1) is 20.8 Å². The Morgan fingerprint density at radius 2 is 1.77 bits per heavy atom. The van der Waals surface area contributed by atoms with E-state index < -0.39 is 11.8 Å². The van der Waals surface area contributed by atoms with Crippen LogP contribution in [0.15, 0.2) is 79.1 Å². The fourth-order valence-electron chi connectivity index (χ4n) is 3.87. The van der Waals surface area contributed by atoms with Crippen LogP contribution >= 0.6 is 11.3 Å². The molecule has 202 valence electrons. The molecule has 9 nitrogen and oxygen atoms in total. The third-order valence-electron chi connectivity index (χ3n) is 5.87. The number of hydrogen-bond donors (Lipinski definition) is 3. The van der Waals surface area contributed by atoms with Crippen molar-refractivity contribution in [2.45, 2.75) is 6.54 Å². The number of carbonyl (C=O) groups is 2. The zero-order valence-electron chi connectivity index (χ0n) is 21.6. The number of halogens is 1. The standard InChI is InChI=1S/C29H25FN6O3S/c1-36(2)28(37)18-4-3-5-19(12-18)34-29(38)35-20-7-9-24(21(30)13-20)39-25-10-11-32-23-14-26(40-27(23)25)22-8-6-17(15-31)16-33-22/h3-14,16H,15,31H2,1-2H3,(H2,34,35,38). The summed E-state index contributed by atoms with van der Waals surface area (Å²) in [5.41, 5.74) is 9.16. The number of nitrogens with two attached hydrogens (primary N) is 1. The molecule has 5 rings (SSSR count). The lowest BCUT2D eigenvalue weighted by atomic mass is 10.2. The summed E-state index contributed by atoms with van der Waals surface area (Å²) in [5.74, 6) is -0.403. The van der Waals surface area contributed by atoms with Crippen LogP contribution in [-0.4, -0.2) is 40.9 Å². The number of rotatable bonds is 7. The molecule has 0 spiro atoms. The van der Waals surface area contributed by atoms with Gasteiger partial charge in [0.15, 0.2) is 11.6 Å². The van der Waals surface area contributed by atoms with Gasteiger partial charge in [0, 0.05) is 62.1 Å². The van der Waals surface area contributed by atoms with Crippen molar-refractivity contribution in [2.24, 2.45) is 5.73 Å². The minimum Gasteiger partial charge on any atom is -0.453 e. The van der Waals surface area contributed by atoms with Crippen LogP contribution in [0.1, 0.15) is 15.9 Å². The SMILES string of the molecule is CN(C)C(=O)c1cccc(NC(=O)Nc2ccc(Oc3ccnc4cc(-c5ccc(CN)cn5)sc34)c(F)c2)c1. The molecule has 3 heterocycles. The van der Waals surface area contributed by atoms with Crippen LogP contribution in [-0.2, 0) is 6.54 Å². The molecule has 0 saturated carbocycles. The molecule has 0 atom stereocenters. The third kappa shape index (κ3) is 5.90. The van der Waals surface area contributed by atoms with Crippen molar-refractivity contribution in [1.29, 1.82) is 0 Å². The summed E-state index contributed by atoms with van der Waals surface area (Å²) in [6.45, 7) is 0.414. The number of urea groups is 1. The Bertz CT molecular complexity index is 1700. The lowest BCUT2D eigenvalue weighted by molar-refractivity contribution is 0.0827. The van der Waals surface area contributed by atoms with Crippen molar-refractivity contribution < 1.29 is 18.7 Å². The maximum atomic E-state index is 15.0. The van der Waals surface area contributed by atoms with Crippen LogP contribution in [0, 0.1) is 5.82 Å². The van der Waals surface area contributed by atoms with Gasteiger partial charge in [0.1, 0.15) is 5.75 Å². The number of fused-ring (bicyclic) bond motifs is 1. The third-order valence-corrected chi connectivity index (χ3v) is 7.03. The van der Waals surface area contributed by atoms with E-state index in [1.54, 1.807) is 56.8 Å². The molecule has 5 aromatic rings. The Kier molecular flexibility index (Phi) is 7.67. The van der Waals surface area contributed by atoms with Crippen LogP contribution in [0.2, 0.25) is 0 Å². The molecule has 0 aliphatic carbocycles. The van der Waals surface area contributed by atoms with Gasteiger partial charge in [-0.15, -0.1) is 11.3 Å². The van der Waals surface area contributed by atoms with E-state index in [9.17, 15) is 9.59 Å². The molecule has 0 fully saturated rings. The second-order valence-corrected chi connectivity index (χ2v) is 10.0. The first-order valence-electron chi connectivity index (χ1n) is 12.2. The van der Waals surface area contributed by atoms with E-state index in [1.165, 1.54) is 34.4 Å². The van der Waals surface area contributed by atoms with Gasteiger partial charge in [-0.3, -0.25) is 14.8 Å². The summed E-state index contributed by atoms with van der Waals surface area (Å²) in [5, 5.41) is 5.24. The molecule has 0 saturated heterocycles. The Morgan fingerprint density at radius 3 is 2.48 bits per heavy atom. The van der Waals surface area contributed by atoms with E-state index in [2.05, 4.69) is 20.6 Å². The molecule has 0 unspecified atom stereocenters. The molecular formula is C29H25FN6O3S. The second-order valence-electron chi connectivity index (χ2n) is 9.00. The number of carbonyl (C=O) groups excluding carboxylic acids is 2. The predicted molar refractivity (Wildman–Crippen MR) is 154 cm³/mol. The van der Waals surface area contributed by atoms with Gasteiger partial charge in [0.25, 0.3) is 5.91 Å². The molecule has 4 N–H and O–H groups in total. The molecule has 0 bridgehead atoms. The largest absolute Gasteiger partial charge is 0.453 e. The first-order valence-corrected chi connectivity index (χ1v) is 13.0. The maximum Gasteiger partial charge on any atom is 0.323 e. The fourth-order valence-corrected chi connectivity index (χ4v) is 4.92. The summed E-state index contributed by atoms with van der Waals surface area (Å²) < 4.78 is 21.7. The predicted octanol–water partition coefficient (Wildman–Crippen LogP) is 6.09. The zero-order chi connectivity index (χ0) is 28.2. The topological polar surface area (TPSA) is 122 Å². The summed E-state index contributed by atoms with van der Waals surface area (Å²) >= 11 is 1.44. The van der Waals surface area contributed by atoms with Gasteiger partial charge in [-0.05, 0) is 48.0 Å². The van der Waals surface area contributed by atoms with Crippen LogP contribution in [0.5, 0.6) is 11.5 Å². The number of hydrogen-bond acceptors (Lipinski definition) is 7. The highest BCUT2D eigenvalue weighted by Crippen LogP contribution is 2.39. The molecule has 0 aliphatic heterocycles. The monoisotopic (exact) mass is 556 g/mol. The Labute approximate surface area is 233 Å². The summed E-state index contributed by atoms with van der Waals surface area (Å²) in [4.78, 5) is 35.9. The number of ether oxygens (including phenoxy) is 1. The average molecular weight is 557 g/mol. The molecule has 0 aliphatic rings. The number of thiophene rings is 1. The number of nitrogens with one attached hydrogen (secondary N) is 2. The normalized spacial score (nSPS) is 10.8. The lowest BCUT2D eigenvalue weighted by Crippen LogP contribution is -2.22. The number of pyridine rings is 2. The molecule has 40 heavy (non-hydrogen) atoms. The van der Waals surface area contributed by atoms with Crippen molar-refractivity contribution in [1.82, 2.24) is 14.9 Å². The van der Waals surface area contributed by atoms with Gasteiger partial charge in [0.2, 0.25) is 0 Å². The van der Waals surface area contributed by atoms with E-state index in [0.717, 1.165) is 20.8 Å². The highest BCUT2D eigenvalue weighted by molar-refractivity contribution is 7.22. The fraction of sp³-hybridized carbons (Fsp3) is 0.103. The van der Waals surface area contributed by atoms with Gasteiger partial charge >= 0.3 is 6.03 Å². The zero-order valence-corrected chi connectivity index (χ0v) is 22.5. The van der Waals surface area contributed by atoms with Gasteiger partial charge < -0.3 is 26.0 Å². The summed E-state index contributed by atoms with van der Waals surface area (Å²) in [6, 6.07) is 17.5. The summed E-state index contributed by atoms with van der Waals surface area (Å²) in [7, 11) is 3.29. The molecule has 2 aromatic carbocycles. The van der Waals surface area contributed by atoms with Gasteiger partial charge in [-0.25, -0.2) is 9.18 Å². The summed E-state index contributed by atoms with van der Waals surface area (Å²) in [6.07, 6.45) is 3.33. The van der Waals surface area contributed by atoms with Crippen molar-refractivity contribution >= 4 is 44.9 Å². The minimum atomic E-state index is -0.655. The number of aromatic nitrogens is 2. The van der Waals surface area contributed by atoms with Gasteiger partial charge in [-0.1, -0.05) is 12.1 Å². The lowest BCUT2D eigenvalue weighted by Gasteiger charge is -2.13. The molecular weight excluding hydrogens is 531 g/mol. The number of amides is 3. The number of benzene rings is 2. The molecule has 3 amide bonds. The number of anilines is 2. The average Bonchev–Trinajstić information content (AvgIpc) is 3.39.